The van der Waals surface area contributed by atoms with Crippen LogP contribution in [0.2, 0.25) is 0 Å². The summed E-state index contributed by atoms with van der Waals surface area (Å²) in [4.78, 5) is 58.7. The summed E-state index contributed by atoms with van der Waals surface area (Å²) in [7, 11) is 2.70. The molecule has 0 aromatic rings. The first kappa shape index (κ1) is 95.7. The predicted octanol–water partition coefficient (Wildman–Crippen LogP) is 11.2. The number of carboxylic acid groups (broad SMARTS) is 1. The average Bonchev–Trinajstić information content (AvgIpc) is 3.31. The van der Waals surface area contributed by atoms with Gasteiger partial charge in [-0.3, -0.25) is 28.8 Å². The molecular formula is C59H124Cd3N6O9. The topological polar surface area (TPSA) is 255 Å². The third kappa shape index (κ3) is 53.2. The molecule has 12 saturated carbocycles. The van der Waals surface area contributed by atoms with Gasteiger partial charge in [0.15, 0.2) is 0 Å². The van der Waals surface area contributed by atoms with E-state index in [1.165, 1.54) is 120 Å². The van der Waals surface area contributed by atoms with E-state index in [1.54, 1.807) is 116 Å². The Kier molecular flexibility index (Phi) is 76.5. The Labute approximate surface area is 534 Å². The van der Waals surface area contributed by atoms with Crippen molar-refractivity contribution < 1.29 is 125 Å². The second-order valence-electron chi connectivity index (χ2n) is 20.4. The standard InChI is InChI=1S/3C10H16.C6H12N2O2.C4H10N2O.2C3H6O2.C2H8N2.C2H4O2.3C2H6.3CH4.3Cd/c3*1-7-2-9-4-8(1)5-10(3-7)6-9;1-5(9)7-3-4-8-6(2)10;1-4(7)6-3-2-5;2*1-3(4)5-2;3-1-2-4;1-2(3)4;3*1-2;;;;;;/h3*7-10H,1-6H2;3-4H2,1-2H3,(H,7,9)(H,8,10);2-3,5H2,1H3,(H,6,7);2*1-2H3;1-4H2;1H3,(H,3,4);3*1-2H3;3*1H4;;;. The van der Waals surface area contributed by atoms with Gasteiger partial charge in [0.25, 0.3) is 5.97 Å². The molecule has 0 aliphatic heterocycles. The van der Waals surface area contributed by atoms with Crippen LogP contribution in [0.4, 0.5) is 0 Å². The maximum absolute atomic E-state index is 10.3. The van der Waals surface area contributed by atoms with Crippen LogP contribution in [0.25, 0.3) is 0 Å². The Morgan fingerprint density at radius 2 is 0.468 bits per heavy atom. The average molecular weight is 1400 g/mol. The van der Waals surface area contributed by atoms with Gasteiger partial charge in [-0.2, -0.15) is 0 Å². The van der Waals surface area contributed by atoms with Crippen molar-refractivity contribution in [3.8, 4) is 0 Å². The number of hydrogen-bond acceptors (Lipinski definition) is 11. The number of ether oxygens (including phenoxy) is 2. The van der Waals surface area contributed by atoms with Crippen LogP contribution in [0, 0.1) is 71.0 Å². The Balaban J connectivity index is -0.0000000962. The number of rotatable bonds is 6. The van der Waals surface area contributed by atoms with Crippen LogP contribution in [0.3, 0.4) is 0 Å². The van der Waals surface area contributed by atoms with E-state index in [9.17, 15) is 24.0 Å². The number of amides is 3. The molecule has 0 heterocycles. The van der Waals surface area contributed by atoms with Gasteiger partial charge < -0.3 is 47.7 Å². The van der Waals surface area contributed by atoms with E-state index in [0.29, 0.717) is 39.3 Å². The van der Waals surface area contributed by atoms with Gasteiger partial charge in [0, 0.05) is 163 Å². The summed E-state index contributed by atoms with van der Waals surface area (Å²) < 4.78 is 8.22. The largest absolute Gasteiger partial charge is 0.481 e. The zero-order valence-corrected chi connectivity index (χ0v) is 62.1. The summed E-state index contributed by atoms with van der Waals surface area (Å²) in [5.41, 5.74) is 14.9. The fourth-order valence-electron chi connectivity index (χ4n) is 12.7. The number of nitrogens with one attached hydrogen (secondary N) is 3. The number of aliphatic carboxylic acids is 1. The third-order valence-electron chi connectivity index (χ3n) is 14.1. The van der Waals surface area contributed by atoms with Crippen LogP contribution in [-0.2, 0) is 120 Å². The summed E-state index contributed by atoms with van der Waals surface area (Å²) in [6, 6.07) is 0. The minimum absolute atomic E-state index is 0. The maximum Gasteiger partial charge on any atom is 0.302 e. The zero-order valence-electron chi connectivity index (χ0n) is 50.0. The number of hydrogen-bond donors (Lipinski definition) is 7. The zero-order chi connectivity index (χ0) is 54.9. The van der Waals surface area contributed by atoms with E-state index in [1.807, 2.05) is 41.5 Å². The van der Waals surface area contributed by atoms with Crippen molar-refractivity contribution in [2.24, 2.45) is 88.2 Å². The molecule has 0 spiro atoms. The summed E-state index contributed by atoms with van der Waals surface area (Å²) in [5, 5.41) is 15.0. The molecule has 0 aromatic carbocycles. The molecule has 15 nitrogen and oxygen atoms in total. The Morgan fingerprint density at radius 3 is 0.532 bits per heavy atom. The first-order valence-electron chi connectivity index (χ1n) is 27.9. The van der Waals surface area contributed by atoms with Gasteiger partial charge >= 0.3 is 11.9 Å². The first-order chi connectivity index (χ1) is 33.8. The van der Waals surface area contributed by atoms with E-state index < -0.39 is 5.97 Å². The third-order valence-corrected chi connectivity index (χ3v) is 14.1. The van der Waals surface area contributed by atoms with Gasteiger partial charge in [0.1, 0.15) is 0 Å². The molecule has 0 radical (unpaired) electrons. The van der Waals surface area contributed by atoms with Crippen LogP contribution < -0.4 is 33.2 Å². The SMILES string of the molecule is C.C.C.C1C2CC3CC1CC(C2)C3.C1C2CC3CC1CC(C2)C3.C1C2CC3CC1CC(C2)C3.CC.CC.CC.CC(=O)NCCN.CC(=O)NCCNC(C)=O.CC(=O)O.COC(C)=O.COC(C)=O.NCCN.[Cd].[Cd].[Cd]. The van der Waals surface area contributed by atoms with Crippen molar-refractivity contribution in [3.05, 3.63) is 0 Å². The van der Waals surface area contributed by atoms with E-state index in [-0.39, 0.29) is 134 Å². The van der Waals surface area contributed by atoms with Gasteiger partial charge in [0.2, 0.25) is 17.7 Å². The number of methoxy groups -OCH3 is 2. The fraction of sp³-hybridized carbons (Fsp3) is 0.898. The second-order valence-corrected chi connectivity index (χ2v) is 20.4. The molecule has 12 aliphatic rings. The van der Waals surface area contributed by atoms with Gasteiger partial charge in [-0.1, -0.05) is 63.8 Å². The van der Waals surface area contributed by atoms with Crippen molar-refractivity contribution in [3.63, 3.8) is 0 Å². The van der Waals surface area contributed by atoms with Crippen LogP contribution in [0.1, 0.15) is 221 Å². The second kappa shape index (κ2) is 61.5. The molecule has 12 rings (SSSR count). The molecule has 450 valence electrons. The molecular weight excluding hydrogens is 1270 g/mol. The van der Waals surface area contributed by atoms with Crippen LogP contribution in [-0.4, -0.2) is 94.2 Å². The fourth-order valence-corrected chi connectivity index (χ4v) is 12.7. The molecule has 12 bridgehead atoms. The number of carbonyl (C=O) groups is 6. The summed E-state index contributed by atoms with van der Waals surface area (Å²) in [6.07, 6.45) is 28.9. The predicted molar refractivity (Wildman–Crippen MR) is 311 cm³/mol. The van der Waals surface area contributed by atoms with Gasteiger partial charge in [0.05, 0.1) is 14.2 Å². The molecule has 3 amide bonds. The minimum atomic E-state index is -0.833. The van der Waals surface area contributed by atoms with Gasteiger partial charge in [-0.05, 0) is 187 Å². The monoisotopic (exact) mass is 1400 g/mol. The van der Waals surface area contributed by atoms with E-state index in [2.05, 4.69) is 25.4 Å². The van der Waals surface area contributed by atoms with Crippen molar-refractivity contribution in [1.29, 1.82) is 0 Å². The van der Waals surface area contributed by atoms with E-state index in [0.717, 1.165) is 6.92 Å². The Morgan fingerprint density at radius 1 is 0.351 bits per heavy atom. The number of carbonyl (C=O) groups excluding carboxylic acids is 5. The smallest absolute Gasteiger partial charge is 0.302 e. The van der Waals surface area contributed by atoms with Crippen molar-refractivity contribution in [2.75, 3.05) is 53.5 Å². The van der Waals surface area contributed by atoms with Gasteiger partial charge in [-0.25, -0.2) is 0 Å². The van der Waals surface area contributed by atoms with E-state index in [4.69, 9.17) is 27.1 Å². The quantitative estimate of drug-likeness (QED) is 0.0745. The molecule has 0 aromatic heterocycles. The molecule has 10 N–H and O–H groups in total. The van der Waals surface area contributed by atoms with Crippen molar-refractivity contribution in [1.82, 2.24) is 16.0 Å². The number of esters is 2. The summed E-state index contributed by atoms with van der Waals surface area (Å²) in [5.74, 6) is 12.6. The Bertz CT molecular complexity index is 1110. The van der Waals surface area contributed by atoms with Crippen LogP contribution >= 0.6 is 0 Å². The summed E-state index contributed by atoms with van der Waals surface area (Å²) >= 11 is 0. The van der Waals surface area contributed by atoms with Crippen LogP contribution in [0.15, 0.2) is 0 Å². The maximum atomic E-state index is 10.3. The molecule has 0 atom stereocenters. The normalized spacial score (nSPS) is 26.1. The summed E-state index contributed by atoms with van der Waals surface area (Å²) in [6.45, 7) is 23.4. The number of carboxylic acids is 1. The van der Waals surface area contributed by atoms with Crippen molar-refractivity contribution in [2.45, 2.75) is 221 Å². The van der Waals surface area contributed by atoms with Gasteiger partial charge in [-0.15, -0.1) is 0 Å². The molecule has 0 saturated heterocycles. The molecule has 18 heteroatoms. The molecule has 12 fully saturated rings. The first-order valence-corrected chi connectivity index (χ1v) is 27.9. The van der Waals surface area contributed by atoms with E-state index >= 15 is 0 Å². The van der Waals surface area contributed by atoms with Crippen molar-refractivity contribution >= 4 is 35.6 Å². The Hall–Kier alpha value is -0.534. The molecule has 77 heavy (non-hydrogen) atoms. The molecule has 12 aliphatic carbocycles. The molecule has 0 unspecified atom stereocenters. The minimum Gasteiger partial charge on any atom is -0.481 e. The number of nitrogens with two attached hydrogens (primary N) is 3. The van der Waals surface area contributed by atoms with Crippen LogP contribution in [0.5, 0.6) is 0 Å².